The topological polar surface area (TPSA) is 41.9 Å². The number of rotatable bonds is 4. The summed E-state index contributed by atoms with van der Waals surface area (Å²) in [4.78, 5) is 4.76. The molecule has 0 fully saturated rings. The summed E-state index contributed by atoms with van der Waals surface area (Å²) < 4.78 is 4.75. The first-order chi connectivity index (χ1) is 4.22. The van der Waals surface area contributed by atoms with Crippen molar-refractivity contribution >= 4 is 0 Å². The molecule has 0 aromatic rings. The molecule has 0 aromatic heterocycles. The third-order valence-electron chi connectivity index (χ3n) is 1.12. The molecule has 0 rings (SSSR count). The van der Waals surface area contributed by atoms with Crippen LogP contribution in [0.3, 0.4) is 0 Å². The Balaban J connectivity index is 3.32. The van der Waals surface area contributed by atoms with E-state index in [9.17, 15) is 0 Å². The van der Waals surface area contributed by atoms with E-state index in [2.05, 4.69) is 0 Å². The number of aliphatic hydroxyl groups is 1. The quantitative estimate of drug-likeness (QED) is 0.428. The number of ether oxygens (including phenoxy) is 1. The molecule has 1 atom stereocenters. The van der Waals surface area contributed by atoms with E-state index in [0.29, 0.717) is 0 Å². The van der Waals surface area contributed by atoms with Gasteiger partial charge >= 0.3 is 0 Å². The maximum absolute atomic E-state index is 8.28. The normalized spacial score (nSPS) is 14.3. The van der Waals surface area contributed by atoms with Crippen LogP contribution in [-0.2, 0) is 9.57 Å². The molecule has 0 spiro atoms. The number of aliphatic hydroxyl groups excluding tert-OH is 1. The zero-order valence-electron chi connectivity index (χ0n) is 6.00. The second kappa shape index (κ2) is 4.69. The summed E-state index contributed by atoms with van der Waals surface area (Å²) in [6, 6.07) is 0. The molecule has 0 aliphatic heterocycles. The second-order valence-electron chi connectivity index (χ2n) is 1.62. The van der Waals surface area contributed by atoms with Gasteiger partial charge in [-0.25, -0.2) is 0 Å². The summed E-state index contributed by atoms with van der Waals surface area (Å²) in [6.45, 7) is 1.49. The standard InChI is InChI=1S/C5H13NO3/c1-5(9-4-7)6(2)8-3/h5,7H,4H2,1-3H3. The zero-order valence-corrected chi connectivity index (χ0v) is 6.00. The van der Waals surface area contributed by atoms with Crippen molar-refractivity contribution in [3.05, 3.63) is 0 Å². The van der Waals surface area contributed by atoms with E-state index < -0.39 is 0 Å². The van der Waals surface area contributed by atoms with Crippen LogP contribution < -0.4 is 0 Å². The minimum atomic E-state index is -0.283. The van der Waals surface area contributed by atoms with Gasteiger partial charge in [-0.3, -0.25) is 0 Å². The highest BCUT2D eigenvalue weighted by atomic mass is 16.7. The number of hydroxylamine groups is 2. The van der Waals surface area contributed by atoms with Gasteiger partial charge in [0.05, 0.1) is 7.11 Å². The van der Waals surface area contributed by atoms with Crippen LogP contribution in [0.5, 0.6) is 0 Å². The van der Waals surface area contributed by atoms with Gasteiger partial charge in [0, 0.05) is 7.05 Å². The fourth-order valence-electron chi connectivity index (χ4n) is 0.361. The Morgan fingerprint density at radius 2 is 2.22 bits per heavy atom. The molecule has 4 heteroatoms. The van der Waals surface area contributed by atoms with E-state index in [0.717, 1.165) is 0 Å². The predicted molar refractivity (Wildman–Crippen MR) is 32.4 cm³/mol. The molecular formula is C5H13NO3. The third-order valence-corrected chi connectivity index (χ3v) is 1.12. The number of hydrogen-bond donors (Lipinski definition) is 1. The summed E-state index contributed by atoms with van der Waals surface area (Å²) in [5.74, 6) is 0. The van der Waals surface area contributed by atoms with Crippen LogP contribution in [0.25, 0.3) is 0 Å². The van der Waals surface area contributed by atoms with Gasteiger partial charge in [-0.05, 0) is 6.92 Å². The van der Waals surface area contributed by atoms with E-state index in [1.165, 1.54) is 12.2 Å². The Morgan fingerprint density at radius 3 is 2.56 bits per heavy atom. The molecule has 0 amide bonds. The summed E-state index contributed by atoms with van der Waals surface area (Å²) in [6.07, 6.45) is -0.208. The zero-order chi connectivity index (χ0) is 7.28. The highest BCUT2D eigenvalue weighted by molar-refractivity contribution is 4.35. The Hall–Kier alpha value is -0.160. The van der Waals surface area contributed by atoms with Gasteiger partial charge < -0.3 is 14.7 Å². The highest BCUT2D eigenvalue weighted by Gasteiger charge is 2.05. The first kappa shape index (κ1) is 8.84. The Morgan fingerprint density at radius 1 is 1.67 bits per heavy atom. The first-order valence-corrected chi connectivity index (χ1v) is 2.71. The van der Waals surface area contributed by atoms with Crippen LogP contribution in [0.2, 0.25) is 0 Å². The lowest BCUT2D eigenvalue weighted by Gasteiger charge is -2.20. The molecule has 56 valence electrons. The fourth-order valence-corrected chi connectivity index (χ4v) is 0.361. The molecule has 1 unspecified atom stereocenters. The Labute approximate surface area is 54.9 Å². The largest absolute Gasteiger partial charge is 0.371 e. The van der Waals surface area contributed by atoms with Crippen LogP contribution in [0.1, 0.15) is 6.92 Å². The van der Waals surface area contributed by atoms with Crippen LogP contribution >= 0.6 is 0 Å². The summed E-state index contributed by atoms with van der Waals surface area (Å²) in [7, 11) is 3.26. The average Bonchev–Trinajstić information content (AvgIpc) is 1.87. The molecular weight excluding hydrogens is 122 g/mol. The van der Waals surface area contributed by atoms with Gasteiger partial charge in [-0.1, -0.05) is 0 Å². The van der Waals surface area contributed by atoms with E-state index in [1.54, 1.807) is 14.0 Å². The van der Waals surface area contributed by atoms with Crippen LogP contribution in [0, 0.1) is 0 Å². The van der Waals surface area contributed by atoms with E-state index >= 15 is 0 Å². The molecule has 4 nitrogen and oxygen atoms in total. The third kappa shape index (κ3) is 3.42. The van der Waals surface area contributed by atoms with Crippen molar-refractivity contribution in [2.45, 2.75) is 13.2 Å². The monoisotopic (exact) mass is 135 g/mol. The molecule has 0 saturated carbocycles. The maximum Gasteiger partial charge on any atom is 0.145 e. The van der Waals surface area contributed by atoms with E-state index in [-0.39, 0.29) is 13.0 Å². The lowest BCUT2D eigenvalue weighted by Crippen LogP contribution is -2.30. The van der Waals surface area contributed by atoms with Gasteiger partial charge in [-0.15, -0.1) is 0 Å². The van der Waals surface area contributed by atoms with Crippen molar-refractivity contribution in [2.75, 3.05) is 21.0 Å². The molecule has 0 saturated heterocycles. The molecule has 1 N–H and O–H groups in total. The minimum Gasteiger partial charge on any atom is -0.371 e. The molecule has 0 heterocycles. The van der Waals surface area contributed by atoms with Gasteiger partial charge in [0.1, 0.15) is 13.0 Å². The second-order valence-corrected chi connectivity index (χ2v) is 1.62. The first-order valence-electron chi connectivity index (χ1n) is 2.71. The van der Waals surface area contributed by atoms with E-state index in [1.807, 2.05) is 0 Å². The van der Waals surface area contributed by atoms with Gasteiger partial charge in [-0.2, -0.15) is 5.06 Å². The van der Waals surface area contributed by atoms with Crippen LogP contribution in [-0.4, -0.2) is 37.3 Å². The highest BCUT2D eigenvalue weighted by Crippen LogP contribution is 1.94. The molecule has 0 radical (unpaired) electrons. The fraction of sp³-hybridized carbons (Fsp3) is 1.00. The van der Waals surface area contributed by atoms with Crippen LogP contribution in [0.15, 0.2) is 0 Å². The number of hydrogen-bond acceptors (Lipinski definition) is 4. The summed E-state index contributed by atoms with van der Waals surface area (Å²) in [5.41, 5.74) is 0. The molecule has 0 aliphatic rings. The average molecular weight is 135 g/mol. The number of nitrogens with zero attached hydrogens (tertiary/aromatic N) is 1. The van der Waals surface area contributed by atoms with Crippen molar-refractivity contribution in [1.29, 1.82) is 0 Å². The Kier molecular flexibility index (Phi) is 4.61. The SMILES string of the molecule is CON(C)C(C)OCO. The maximum atomic E-state index is 8.28. The van der Waals surface area contributed by atoms with Crippen molar-refractivity contribution in [3.63, 3.8) is 0 Å². The van der Waals surface area contributed by atoms with Crippen molar-refractivity contribution < 1.29 is 14.7 Å². The van der Waals surface area contributed by atoms with Crippen molar-refractivity contribution in [3.8, 4) is 0 Å². The van der Waals surface area contributed by atoms with Crippen molar-refractivity contribution in [2.24, 2.45) is 0 Å². The summed E-state index contributed by atoms with van der Waals surface area (Å²) >= 11 is 0. The molecule has 9 heavy (non-hydrogen) atoms. The lowest BCUT2D eigenvalue weighted by atomic mass is 10.6. The summed E-state index contributed by atoms with van der Waals surface area (Å²) in [5, 5.41) is 9.77. The van der Waals surface area contributed by atoms with Crippen LogP contribution in [0.4, 0.5) is 0 Å². The van der Waals surface area contributed by atoms with Gasteiger partial charge in [0.2, 0.25) is 0 Å². The molecule has 0 aromatic carbocycles. The van der Waals surface area contributed by atoms with Crippen molar-refractivity contribution in [1.82, 2.24) is 5.06 Å². The van der Waals surface area contributed by atoms with E-state index in [4.69, 9.17) is 14.7 Å². The molecule has 0 bridgehead atoms. The predicted octanol–water partition coefficient (Wildman–Crippen LogP) is -0.208. The lowest BCUT2D eigenvalue weighted by molar-refractivity contribution is -0.232. The molecule has 0 aliphatic carbocycles. The Bertz CT molecular complexity index is 69.2. The van der Waals surface area contributed by atoms with Gasteiger partial charge in [0.15, 0.2) is 0 Å². The smallest absolute Gasteiger partial charge is 0.145 e. The van der Waals surface area contributed by atoms with Gasteiger partial charge in [0.25, 0.3) is 0 Å². The minimum absolute atomic E-state index is 0.208.